The monoisotopic (exact) mass is 564 g/mol. The number of nitrogens with two attached hydrogens (primary N) is 1. The molecule has 4 atom stereocenters. The number of hydrogen-bond acceptors (Lipinski definition) is 6. The van der Waals surface area contributed by atoms with Gasteiger partial charge in [-0.1, -0.05) is 87.2 Å². The predicted molar refractivity (Wildman–Crippen MR) is 165 cm³/mol. The standard InChI is InChI=1S/C36H40N2O4/c1-2-3-9-22-14-15-25-19-26(17-16-24(25)18-22)42-36(41)29-20-30(38-21-23-10-5-4-6-11-23)31-32(33(29)37)35(40)28-13-8-7-12-27(28)34(31)39/h4-8,10-13,20,22,24-26,38H,2-3,9,14-19,21,37H2,1H3. The third kappa shape index (κ3) is 5.47. The van der Waals surface area contributed by atoms with Gasteiger partial charge in [0.05, 0.1) is 22.4 Å². The summed E-state index contributed by atoms with van der Waals surface area (Å²) in [7, 11) is 0. The van der Waals surface area contributed by atoms with Crippen LogP contribution in [0.15, 0.2) is 60.7 Å². The maximum Gasteiger partial charge on any atom is 0.340 e. The van der Waals surface area contributed by atoms with Gasteiger partial charge in [0.2, 0.25) is 0 Å². The van der Waals surface area contributed by atoms with Crippen LogP contribution >= 0.6 is 0 Å². The quantitative estimate of drug-likeness (QED) is 0.169. The first kappa shape index (κ1) is 28.2. The molecule has 0 heterocycles. The lowest BCUT2D eigenvalue weighted by molar-refractivity contribution is -0.00618. The summed E-state index contributed by atoms with van der Waals surface area (Å²) in [6.45, 7) is 2.68. The van der Waals surface area contributed by atoms with Crippen LogP contribution < -0.4 is 11.1 Å². The minimum absolute atomic E-state index is 0.0123. The molecule has 0 spiro atoms. The zero-order valence-corrected chi connectivity index (χ0v) is 24.4. The van der Waals surface area contributed by atoms with E-state index < -0.39 is 5.97 Å². The lowest BCUT2D eigenvalue weighted by atomic mass is 9.66. The molecule has 42 heavy (non-hydrogen) atoms. The smallest absolute Gasteiger partial charge is 0.340 e. The number of nitrogens with one attached hydrogen (secondary N) is 1. The number of hydrogen-bond donors (Lipinski definition) is 2. The molecule has 6 heteroatoms. The van der Waals surface area contributed by atoms with Crippen molar-refractivity contribution in [2.45, 2.75) is 77.4 Å². The van der Waals surface area contributed by atoms with Gasteiger partial charge >= 0.3 is 5.97 Å². The summed E-state index contributed by atoms with van der Waals surface area (Å²) < 4.78 is 6.10. The van der Waals surface area contributed by atoms with Gasteiger partial charge in [0.15, 0.2) is 11.6 Å². The van der Waals surface area contributed by atoms with Crippen LogP contribution in [0.4, 0.5) is 11.4 Å². The fraction of sp³-hybridized carbons (Fsp3) is 0.417. The number of benzene rings is 3. The number of unbranched alkanes of at least 4 members (excludes halogenated alkanes) is 1. The van der Waals surface area contributed by atoms with E-state index in [4.69, 9.17) is 10.5 Å². The van der Waals surface area contributed by atoms with E-state index in [2.05, 4.69) is 12.2 Å². The van der Waals surface area contributed by atoms with Gasteiger partial charge < -0.3 is 15.8 Å². The molecule has 0 aromatic heterocycles. The van der Waals surface area contributed by atoms with Crippen LogP contribution in [0.3, 0.4) is 0 Å². The van der Waals surface area contributed by atoms with Crippen LogP contribution in [0.2, 0.25) is 0 Å². The zero-order chi connectivity index (χ0) is 29.2. The summed E-state index contributed by atoms with van der Waals surface area (Å²) in [6, 6.07) is 18.1. The predicted octanol–water partition coefficient (Wildman–Crippen LogP) is 7.59. The van der Waals surface area contributed by atoms with Crippen LogP contribution in [0, 0.1) is 17.8 Å². The number of ether oxygens (including phenoxy) is 1. The van der Waals surface area contributed by atoms with Gasteiger partial charge in [0.25, 0.3) is 0 Å². The molecule has 6 rings (SSSR count). The van der Waals surface area contributed by atoms with E-state index in [-0.39, 0.29) is 40.0 Å². The Kier molecular flexibility index (Phi) is 8.14. The first-order chi connectivity index (χ1) is 20.4. The van der Waals surface area contributed by atoms with Gasteiger partial charge in [-0.25, -0.2) is 4.79 Å². The van der Waals surface area contributed by atoms with Crippen molar-refractivity contribution in [3.8, 4) is 0 Å². The van der Waals surface area contributed by atoms with Crippen molar-refractivity contribution in [2.75, 3.05) is 11.1 Å². The molecule has 2 saturated carbocycles. The average molecular weight is 565 g/mol. The fourth-order valence-electron chi connectivity index (χ4n) is 7.44. The van der Waals surface area contributed by atoms with Crippen molar-refractivity contribution in [2.24, 2.45) is 17.8 Å². The van der Waals surface area contributed by atoms with Gasteiger partial charge in [0, 0.05) is 23.4 Å². The molecule has 0 aliphatic heterocycles. The van der Waals surface area contributed by atoms with Crippen LogP contribution in [0.25, 0.3) is 0 Å². The molecule has 218 valence electrons. The number of rotatable bonds is 8. The van der Waals surface area contributed by atoms with Gasteiger partial charge in [-0.15, -0.1) is 0 Å². The molecule has 6 nitrogen and oxygen atoms in total. The minimum atomic E-state index is -0.530. The van der Waals surface area contributed by atoms with E-state index >= 15 is 0 Å². The zero-order valence-electron chi connectivity index (χ0n) is 24.4. The van der Waals surface area contributed by atoms with Crippen LogP contribution in [-0.2, 0) is 11.3 Å². The largest absolute Gasteiger partial charge is 0.459 e. The molecule has 0 amide bonds. The third-order valence-electron chi connectivity index (χ3n) is 9.70. The summed E-state index contributed by atoms with van der Waals surface area (Å²) in [5, 5.41) is 3.32. The molecule has 0 radical (unpaired) electrons. The minimum Gasteiger partial charge on any atom is -0.459 e. The second-order valence-corrected chi connectivity index (χ2v) is 12.4. The van der Waals surface area contributed by atoms with E-state index in [1.165, 1.54) is 38.5 Å². The summed E-state index contributed by atoms with van der Waals surface area (Å²) in [4.78, 5) is 41.1. The van der Waals surface area contributed by atoms with Crippen molar-refractivity contribution >= 4 is 28.9 Å². The molecular formula is C36H40N2O4. The van der Waals surface area contributed by atoms with Gasteiger partial charge in [0.1, 0.15) is 6.10 Å². The van der Waals surface area contributed by atoms with Crippen molar-refractivity contribution in [3.05, 3.63) is 94.0 Å². The Morgan fingerprint density at radius 1 is 0.881 bits per heavy atom. The first-order valence-electron chi connectivity index (χ1n) is 15.6. The summed E-state index contributed by atoms with van der Waals surface area (Å²) in [5.41, 5.74) is 9.05. The number of carbonyl (C=O) groups excluding carboxylic acids is 3. The first-order valence-corrected chi connectivity index (χ1v) is 15.6. The molecule has 2 fully saturated rings. The van der Waals surface area contributed by atoms with E-state index in [1.807, 2.05) is 30.3 Å². The lowest BCUT2D eigenvalue weighted by Gasteiger charge is -2.42. The van der Waals surface area contributed by atoms with E-state index in [0.717, 1.165) is 36.7 Å². The van der Waals surface area contributed by atoms with Crippen molar-refractivity contribution in [1.82, 2.24) is 0 Å². The van der Waals surface area contributed by atoms with E-state index in [1.54, 1.807) is 30.3 Å². The number of ketones is 2. The van der Waals surface area contributed by atoms with Gasteiger partial charge in [-0.3, -0.25) is 9.59 Å². The molecule has 3 aliphatic carbocycles. The summed E-state index contributed by atoms with van der Waals surface area (Å²) in [6.07, 6.45) is 10.3. The molecule has 0 saturated heterocycles. The number of esters is 1. The van der Waals surface area contributed by atoms with E-state index in [0.29, 0.717) is 29.3 Å². The highest BCUT2D eigenvalue weighted by Crippen LogP contribution is 2.45. The highest BCUT2D eigenvalue weighted by Gasteiger charge is 2.39. The highest BCUT2D eigenvalue weighted by atomic mass is 16.5. The highest BCUT2D eigenvalue weighted by molar-refractivity contribution is 6.32. The maximum atomic E-state index is 13.7. The van der Waals surface area contributed by atoms with Crippen LogP contribution in [0.1, 0.15) is 112 Å². The molecule has 3 aromatic carbocycles. The molecular weight excluding hydrogens is 524 g/mol. The summed E-state index contributed by atoms with van der Waals surface area (Å²) in [5.74, 6) is 0.992. The lowest BCUT2D eigenvalue weighted by Crippen LogP contribution is -2.35. The Balaban J connectivity index is 1.26. The Morgan fingerprint density at radius 3 is 2.29 bits per heavy atom. The number of nitrogen functional groups attached to an aromatic ring is 1. The number of anilines is 2. The SMILES string of the molecule is CCCCC1CCC2CC(OC(=O)c3cc(NCc4ccccc4)c4c(c3N)C(=O)c3ccccc3C4=O)CCC2C1. The second-order valence-electron chi connectivity index (χ2n) is 12.4. The Hall–Kier alpha value is -3.93. The second kappa shape index (κ2) is 12.1. The molecule has 4 unspecified atom stereocenters. The number of fused-ring (bicyclic) bond motifs is 3. The summed E-state index contributed by atoms with van der Waals surface area (Å²) >= 11 is 0. The van der Waals surface area contributed by atoms with Crippen molar-refractivity contribution in [3.63, 3.8) is 0 Å². The average Bonchev–Trinajstić information content (AvgIpc) is 3.02. The number of carbonyl (C=O) groups is 3. The topological polar surface area (TPSA) is 98.5 Å². The molecule has 3 N–H and O–H groups in total. The third-order valence-corrected chi connectivity index (χ3v) is 9.70. The fourth-order valence-corrected chi connectivity index (χ4v) is 7.44. The van der Waals surface area contributed by atoms with Crippen LogP contribution in [-0.4, -0.2) is 23.6 Å². The molecule has 0 bridgehead atoms. The van der Waals surface area contributed by atoms with E-state index in [9.17, 15) is 14.4 Å². The van der Waals surface area contributed by atoms with Gasteiger partial charge in [-0.2, -0.15) is 0 Å². The Labute approximate surface area is 248 Å². The van der Waals surface area contributed by atoms with Crippen molar-refractivity contribution < 1.29 is 19.1 Å². The normalized spacial score (nSPS) is 23.0. The Bertz CT molecular complexity index is 1500. The molecule has 3 aliphatic rings. The van der Waals surface area contributed by atoms with Gasteiger partial charge in [-0.05, 0) is 61.5 Å². The Morgan fingerprint density at radius 2 is 1.55 bits per heavy atom. The van der Waals surface area contributed by atoms with Crippen molar-refractivity contribution in [1.29, 1.82) is 0 Å². The maximum absolute atomic E-state index is 13.7. The van der Waals surface area contributed by atoms with Crippen LogP contribution in [0.5, 0.6) is 0 Å². The molecule has 3 aromatic rings.